The van der Waals surface area contributed by atoms with Gasteiger partial charge in [-0.15, -0.1) is 15.3 Å². The van der Waals surface area contributed by atoms with Gasteiger partial charge in [0.25, 0.3) is 5.82 Å². The summed E-state index contributed by atoms with van der Waals surface area (Å²) in [5.74, 6) is 0.00694. The van der Waals surface area contributed by atoms with Crippen molar-refractivity contribution in [3.05, 3.63) is 11.5 Å². The number of nitrogens with two attached hydrogens (primary N) is 1. The fourth-order valence-electron chi connectivity index (χ4n) is 0.862. The highest BCUT2D eigenvalue weighted by atomic mass is 16.5. The van der Waals surface area contributed by atoms with E-state index < -0.39 is 0 Å². The van der Waals surface area contributed by atoms with Crippen LogP contribution in [0.3, 0.4) is 0 Å². The molecule has 5 N–H and O–H groups in total. The van der Waals surface area contributed by atoms with E-state index in [1.807, 2.05) is 0 Å². The van der Waals surface area contributed by atoms with Crippen molar-refractivity contribution in [1.29, 1.82) is 0 Å². The Morgan fingerprint density at radius 1 is 1.28 bits per heavy atom. The average Bonchev–Trinajstić information content (AvgIpc) is 3.03. The van der Waals surface area contributed by atoms with Crippen LogP contribution in [0.1, 0.15) is 0 Å². The number of nitrogens with zero attached hydrogens (tertiary/aromatic N) is 9. The number of nitrogen functional groups attached to an aromatic ring is 1. The Balaban J connectivity index is 0.000000169. The van der Waals surface area contributed by atoms with Gasteiger partial charge in [0.15, 0.2) is 0 Å². The lowest BCUT2D eigenvalue weighted by molar-refractivity contribution is -0.360. The number of nitrogens with one attached hydrogen (secondary N) is 2. The van der Waals surface area contributed by atoms with Crippen molar-refractivity contribution < 1.29 is 10.2 Å². The molecule has 0 aliphatic heterocycles. The lowest BCUT2D eigenvalue weighted by Gasteiger charge is -2.02. The molecule has 0 bridgehead atoms. The molecule has 0 unspecified atom stereocenters. The van der Waals surface area contributed by atoms with Crippen LogP contribution in [-0.2, 0) is 0 Å². The SMILES string of the molecule is Nc1[nH]nc[nH+]1.[O-]n1nnnc1-c1nnnn1O. The highest BCUT2D eigenvalue weighted by molar-refractivity contribution is 5.40. The quantitative estimate of drug-likeness (QED) is 0.369. The molecule has 3 aromatic heterocycles. The molecule has 3 rings (SSSR count). The minimum absolute atomic E-state index is 0.0956. The topological polar surface area (TPSA) is 199 Å². The molecule has 18 heavy (non-hydrogen) atoms. The largest absolute Gasteiger partial charge is 0.787 e. The summed E-state index contributed by atoms with van der Waals surface area (Å²) in [5, 5.41) is 44.4. The van der Waals surface area contributed by atoms with Crippen LogP contribution in [0.25, 0.3) is 11.6 Å². The molecular weight excluding hydrogens is 248 g/mol. The Kier molecular flexibility index (Phi) is 2.90. The zero-order valence-electron chi connectivity index (χ0n) is 8.54. The number of hydrogen-bond donors (Lipinski definition) is 3. The second-order valence-electron chi connectivity index (χ2n) is 2.70. The van der Waals surface area contributed by atoms with Crippen LogP contribution in [0.4, 0.5) is 5.95 Å². The molecule has 3 heterocycles. The molecule has 94 valence electrons. The van der Waals surface area contributed by atoms with Crippen molar-refractivity contribution in [1.82, 2.24) is 50.9 Å². The van der Waals surface area contributed by atoms with Crippen LogP contribution in [0.2, 0.25) is 0 Å². The Morgan fingerprint density at radius 3 is 2.39 bits per heavy atom. The fourth-order valence-corrected chi connectivity index (χ4v) is 0.862. The van der Waals surface area contributed by atoms with Crippen LogP contribution in [-0.4, -0.2) is 56.1 Å². The van der Waals surface area contributed by atoms with Crippen molar-refractivity contribution in [3.63, 3.8) is 0 Å². The van der Waals surface area contributed by atoms with Gasteiger partial charge < -0.3 is 16.1 Å². The lowest BCUT2D eigenvalue weighted by atomic mass is 10.6. The van der Waals surface area contributed by atoms with Crippen molar-refractivity contribution in [2.45, 2.75) is 0 Å². The first kappa shape index (κ1) is 11.2. The van der Waals surface area contributed by atoms with Gasteiger partial charge in [-0.05, 0) is 26.0 Å². The number of rotatable bonds is 1. The summed E-state index contributed by atoms with van der Waals surface area (Å²) in [6.45, 7) is 0. The van der Waals surface area contributed by atoms with E-state index in [9.17, 15) is 5.21 Å². The predicted octanol–water partition coefficient (Wildman–Crippen LogP) is -3.28. The molecule has 0 atom stereocenters. The Bertz CT molecular complexity index is 557. The van der Waals surface area contributed by atoms with Crippen LogP contribution in [0.5, 0.6) is 0 Å². The average molecular weight is 254 g/mol. The zero-order valence-corrected chi connectivity index (χ0v) is 8.54. The maximum absolute atomic E-state index is 10.7. The summed E-state index contributed by atoms with van der Waals surface area (Å²) < 4.78 is 0. The summed E-state index contributed by atoms with van der Waals surface area (Å²) in [7, 11) is 0. The van der Waals surface area contributed by atoms with E-state index in [0.29, 0.717) is 10.8 Å². The van der Waals surface area contributed by atoms with Gasteiger partial charge in [0.1, 0.15) is 0 Å². The second kappa shape index (κ2) is 4.68. The van der Waals surface area contributed by atoms with E-state index in [4.69, 9.17) is 10.9 Å². The van der Waals surface area contributed by atoms with Gasteiger partial charge in [0.05, 0.1) is 0 Å². The van der Waals surface area contributed by atoms with E-state index in [1.54, 1.807) is 0 Å². The van der Waals surface area contributed by atoms with Gasteiger partial charge in [0, 0.05) is 0 Å². The summed E-state index contributed by atoms with van der Waals surface area (Å²) in [5.41, 5.74) is 5.10. The molecule has 0 fully saturated rings. The first-order valence-corrected chi connectivity index (χ1v) is 4.29. The van der Waals surface area contributed by atoms with Crippen molar-refractivity contribution in [3.8, 4) is 11.6 Å². The van der Waals surface area contributed by atoms with E-state index >= 15 is 0 Å². The van der Waals surface area contributed by atoms with Gasteiger partial charge in [0.2, 0.25) is 12.2 Å². The van der Waals surface area contributed by atoms with Crippen LogP contribution in [0, 0.1) is 5.21 Å². The van der Waals surface area contributed by atoms with Crippen molar-refractivity contribution in [2.75, 3.05) is 5.73 Å². The van der Waals surface area contributed by atoms with Gasteiger partial charge in [-0.1, -0.05) is 4.85 Å². The monoisotopic (exact) mass is 254 g/mol. The van der Waals surface area contributed by atoms with Gasteiger partial charge in [-0.25, -0.2) is 4.98 Å². The van der Waals surface area contributed by atoms with E-state index in [0.717, 1.165) is 0 Å². The molecule has 14 nitrogen and oxygen atoms in total. The van der Waals surface area contributed by atoms with Crippen molar-refractivity contribution >= 4 is 5.95 Å². The number of hydrogen-bond acceptors (Lipinski definition) is 10. The molecule has 0 aliphatic carbocycles. The molecule has 0 spiro atoms. The third-order valence-corrected chi connectivity index (χ3v) is 1.57. The lowest BCUT2D eigenvalue weighted by Crippen LogP contribution is -2.03. The van der Waals surface area contributed by atoms with Crippen LogP contribution >= 0.6 is 0 Å². The first-order chi connectivity index (χ1) is 8.68. The maximum Gasteiger partial charge on any atom is 0.337 e. The third-order valence-electron chi connectivity index (χ3n) is 1.57. The Hall–Kier alpha value is -3.32. The molecule has 0 saturated heterocycles. The number of H-pyrrole nitrogens is 2. The number of anilines is 1. The van der Waals surface area contributed by atoms with Crippen LogP contribution < -0.4 is 10.7 Å². The van der Waals surface area contributed by atoms with Gasteiger partial charge in [-0.2, -0.15) is 0 Å². The molecule has 14 heteroatoms. The first-order valence-electron chi connectivity index (χ1n) is 4.29. The molecule has 0 radical (unpaired) electrons. The molecule has 0 aromatic carbocycles. The van der Waals surface area contributed by atoms with Crippen LogP contribution in [0.15, 0.2) is 6.33 Å². The number of aromatic amines is 2. The molecule has 0 aliphatic rings. The predicted molar refractivity (Wildman–Crippen MR) is 50.1 cm³/mol. The smallest absolute Gasteiger partial charge is 0.337 e. The molecule has 3 aromatic rings. The third kappa shape index (κ3) is 2.26. The Morgan fingerprint density at radius 2 is 2.00 bits per heavy atom. The van der Waals surface area contributed by atoms with E-state index in [2.05, 4.69) is 46.2 Å². The maximum atomic E-state index is 10.7. The summed E-state index contributed by atoms with van der Waals surface area (Å²) in [4.78, 5) is 3.01. The molecule has 0 amide bonds. The number of aromatic nitrogens is 11. The van der Waals surface area contributed by atoms with Gasteiger partial charge in [-0.3, -0.25) is 4.85 Å². The summed E-state index contributed by atoms with van der Waals surface area (Å²) >= 11 is 0. The highest BCUT2D eigenvalue weighted by Gasteiger charge is 2.12. The molecular formula is C4H6N12O2. The minimum atomic E-state index is -0.262. The normalized spacial score (nSPS) is 9.78. The zero-order chi connectivity index (χ0) is 13.0. The summed E-state index contributed by atoms with van der Waals surface area (Å²) in [6.07, 6.45) is 1.48. The van der Waals surface area contributed by atoms with E-state index in [1.165, 1.54) is 6.33 Å². The summed E-state index contributed by atoms with van der Waals surface area (Å²) in [6, 6.07) is 0. The van der Waals surface area contributed by atoms with Gasteiger partial charge >= 0.3 is 5.95 Å². The molecule has 0 saturated carbocycles. The fraction of sp³-hybridized carbons (Fsp3) is 0. The minimum Gasteiger partial charge on any atom is -0.787 e. The van der Waals surface area contributed by atoms with E-state index in [-0.39, 0.29) is 16.5 Å². The Labute approximate surface area is 97.0 Å². The second-order valence-corrected chi connectivity index (χ2v) is 2.70. The van der Waals surface area contributed by atoms with Crippen molar-refractivity contribution in [2.24, 2.45) is 0 Å². The highest BCUT2D eigenvalue weighted by Crippen LogP contribution is 2.06. The number of tetrazole rings is 2. The standard InChI is InChI=1S/C2HN8O2.C2H4N4/c11-9-1(3-5-7-9)2-4-6-8-10(2)12;3-2-4-1-5-6-2/h11H;1H,(H3,3,4,5,6)/q-1;/p+1.